The number of ether oxygens (including phenoxy) is 2. The Hall–Kier alpha value is -4.61. The van der Waals surface area contributed by atoms with Gasteiger partial charge in [0.05, 0.1) is 26.4 Å². The standard InChI is InChI=1S/C30H36N8O3/c39-27(26-9-5-2-6-10-26)32-17-19-40-21-22-41-20-18-34-29-36-28(33-16-13-24-7-3-1-4-8-24)37-30(38-29)35-23-25-11-14-31-15-12-25/h1-12,14-15H,13,16-23H2,(H,32,39)(H3,33,34,35,36,37,38). The molecular formula is C30H36N8O3. The first kappa shape index (κ1) is 29.4. The quantitative estimate of drug-likeness (QED) is 0.135. The molecule has 0 saturated carbocycles. The van der Waals surface area contributed by atoms with E-state index in [1.54, 1.807) is 24.5 Å². The maximum absolute atomic E-state index is 12.0. The van der Waals surface area contributed by atoms with E-state index in [-0.39, 0.29) is 5.91 Å². The third-order valence-corrected chi connectivity index (χ3v) is 5.84. The van der Waals surface area contributed by atoms with Crippen molar-refractivity contribution in [2.45, 2.75) is 13.0 Å². The summed E-state index contributed by atoms with van der Waals surface area (Å²) in [5.74, 6) is 1.30. The molecule has 4 rings (SSSR count). The first-order valence-electron chi connectivity index (χ1n) is 13.7. The molecule has 214 valence electrons. The van der Waals surface area contributed by atoms with Crippen molar-refractivity contribution in [3.05, 3.63) is 102 Å². The lowest BCUT2D eigenvalue weighted by Crippen LogP contribution is -2.27. The van der Waals surface area contributed by atoms with E-state index in [0.29, 0.717) is 76.0 Å². The number of aromatic nitrogens is 4. The Labute approximate surface area is 240 Å². The van der Waals surface area contributed by atoms with Gasteiger partial charge in [-0.05, 0) is 41.8 Å². The number of hydrogen-bond donors (Lipinski definition) is 4. The van der Waals surface area contributed by atoms with E-state index < -0.39 is 0 Å². The van der Waals surface area contributed by atoms with Crippen LogP contribution in [0.3, 0.4) is 0 Å². The van der Waals surface area contributed by atoms with Crippen LogP contribution in [0.4, 0.5) is 17.8 Å². The molecule has 1 amide bonds. The van der Waals surface area contributed by atoms with Crippen LogP contribution in [0.2, 0.25) is 0 Å². The number of pyridine rings is 1. The highest BCUT2D eigenvalue weighted by Gasteiger charge is 2.07. The van der Waals surface area contributed by atoms with Crippen molar-refractivity contribution in [3.63, 3.8) is 0 Å². The van der Waals surface area contributed by atoms with Gasteiger partial charge in [0.1, 0.15) is 0 Å². The Bertz CT molecular complexity index is 1300. The molecule has 0 bridgehead atoms. The third-order valence-electron chi connectivity index (χ3n) is 5.84. The van der Waals surface area contributed by atoms with Gasteiger partial charge >= 0.3 is 0 Å². The number of nitrogens with zero attached hydrogens (tertiary/aromatic N) is 4. The minimum atomic E-state index is -0.111. The van der Waals surface area contributed by atoms with Crippen molar-refractivity contribution in [2.24, 2.45) is 0 Å². The summed E-state index contributed by atoms with van der Waals surface area (Å²) in [7, 11) is 0. The smallest absolute Gasteiger partial charge is 0.251 e. The number of amides is 1. The van der Waals surface area contributed by atoms with Crippen molar-refractivity contribution in [1.82, 2.24) is 25.3 Å². The van der Waals surface area contributed by atoms with Gasteiger partial charge < -0.3 is 30.7 Å². The molecule has 0 aliphatic rings. The molecule has 11 nitrogen and oxygen atoms in total. The fourth-order valence-corrected chi connectivity index (χ4v) is 3.74. The molecule has 0 aliphatic carbocycles. The zero-order valence-electron chi connectivity index (χ0n) is 23.0. The minimum absolute atomic E-state index is 0.111. The second-order valence-corrected chi connectivity index (χ2v) is 8.95. The van der Waals surface area contributed by atoms with Gasteiger partial charge in [0.25, 0.3) is 5.91 Å². The summed E-state index contributed by atoms with van der Waals surface area (Å²) in [6.07, 6.45) is 4.36. The van der Waals surface area contributed by atoms with E-state index in [4.69, 9.17) is 9.47 Å². The lowest BCUT2D eigenvalue weighted by atomic mass is 10.1. The summed E-state index contributed by atoms with van der Waals surface area (Å²) in [6.45, 7) is 3.96. The Morgan fingerprint density at radius 1 is 0.610 bits per heavy atom. The number of rotatable bonds is 18. The van der Waals surface area contributed by atoms with Gasteiger partial charge in [-0.15, -0.1) is 0 Å². The first-order valence-corrected chi connectivity index (χ1v) is 13.7. The Morgan fingerprint density at radius 2 is 1.20 bits per heavy atom. The van der Waals surface area contributed by atoms with Crippen molar-refractivity contribution in [3.8, 4) is 0 Å². The van der Waals surface area contributed by atoms with Crippen LogP contribution >= 0.6 is 0 Å². The average Bonchev–Trinajstić information content (AvgIpc) is 3.02. The highest BCUT2D eigenvalue weighted by atomic mass is 16.5. The van der Waals surface area contributed by atoms with Crippen LogP contribution in [0.25, 0.3) is 0 Å². The zero-order valence-corrected chi connectivity index (χ0v) is 23.0. The van der Waals surface area contributed by atoms with Crippen LogP contribution in [0, 0.1) is 0 Å². The van der Waals surface area contributed by atoms with E-state index in [0.717, 1.165) is 12.0 Å². The van der Waals surface area contributed by atoms with Crippen LogP contribution in [0.15, 0.2) is 85.2 Å². The topological polar surface area (TPSA) is 135 Å². The number of carbonyl (C=O) groups excluding carboxylic acids is 1. The zero-order chi connectivity index (χ0) is 28.4. The number of nitrogens with one attached hydrogen (secondary N) is 4. The van der Waals surface area contributed by atoms with Crippen molar-refractivity contribution < 1.29 is 14.3 Å². The van der Waals surface area contributed by atoms with Crippen LogP contribution in [0.5, 0.6) is 0 Å². The molecule has 2 aromatic carbocycles. The van der Waals surface area contributed by atoms with Gasteiger partial charge in [-0.2, -0.15) is 15.0 Å². The van der Waals surface area contributed by atoms with Gasteiger partial charge in [0.2, 0.25) is 17.8 Å². The van der Waals surface area contributed by atoms with Crippen LogP contribution in [-0.4, -0.2) is 71.9 Å². The maximum Gasteiger partial charge on any atom is 0.251 e. The van der Waals surface area contributed by atoms with E-state index >= 15 is 0 Å². The van der Waals surface area contributed by atoms with Crippen LogP contribution in [0.1, 0.15) is 21.5 Å². The fraction of sp³-hybridized carbons (Fsp3) is 0.300. The van der Waals surface area contributed by atoms with Crippen molar-refractivity contribution in [2.75, 3.05) is 62.0 Å². The predicted octanol–water partition coefficient (Wildman–Crippen LogP) is 3.41. The third kappa shape index (κ3) is 11.2. The fourth-order valence-electron chi connectivity index (χ4n) is 3.74. The molecular weight excluding hydrogens is 520 g/mol. The van der Waals surface area contributed by atoms with Gasteiger partial charge in [-0.3, -0.25) is 9.78 Å². The number of carbonyl (C=O) groups is 1. The molecule has 0 saturated heterocycles. The predicted molar refractivity (Wildman–Crippen MR) is 159 cm³/mol. The average molecular weight is 557 g/mol. The molecule has 0 fully saturated rings. The number of benzene rings is 2. The molecule has 11 heteroatoms. The Balaban J connectivity index is 1.15. The monoisotopic (exact) mass is 556 g/mol. The summed E-state index contributed by atoms with van der Waals surface area (Å²) in [6, 6.07) is 23.2. The van der Waals surface area contributed by atoms with E-state index in [9.17, 15) is 4.79 Å². The molecule has 0 atom stereocenters. The largest absolute Gasteiger partial charge is 0.377 e. The van der Waals surface area contributed by atoms with Gasteiger partial charge in [0.15, 0.2) is 0 Å². The van der Waals surface area contributed by atoms with E-state index in [1.807, 2.05) is 48.5 Å². The molecule has 4 N–H and O–H groups in total. The molecule has 2 heterocycles. The molecule has 0 spiro atoms. The summed E-state index contributed by atoms with van der Waals surface area (Å²) in [5, 5.41) is 12.6. The highest BCUT2D eigenvalue weighted by molar-refractivity contribution is 5.94. The molecule has 0 radical (unpaired) electrons. The second-order valence-electron chi connectivity index (χ2n) is 8.95. The van der Waals surface area contributed by atoms with Gasteiger partial charge in [-0.1, -0.05) is 48.5 Å². The Kier molecular flexibility index (Phi) is 12.3. The Morgan fingerprint density at radius 3 is 1.88 bits per heavy atom. The van der Waals surface area contributed by atoms with Crippen molar-refractivity contribution >= 4 is 23.8 Å². The van der Waals surface area contributed by atoms with E-state index in [1.165, 1.54) is 5.56 Å². The molecule has 0 aliphatic heterocycles. The number of hydrogen-bond acceptors (Lipinski definition) is 10. The molecule has 4 aromatic rings. The summed E-state index contributed by atoms with van der Waals surface area (Å²) < 4.78 is 11.2. The summed E-state index contributed by atoms with van der Waals surface area (Å²) >= 11 is 0. The van der Waals surface area contributed by atoms with E-state index in [2.05, 4.69) is 53.3 Å². The van der Waals surface area contributed by atoms with Crippen LogP contribution < -0.4 is 21.3 Å². The lowest BCUT2D eigenvalue weighted by Gasteiger charge is -2.12. The van der Waals surface area contributed by atoms with Gasteiger partial charge in [0, 0.05) is 44.1 Å². The molecule has 2 aromatic heterocycles. The normalized spacial score (nSPS) is 10.6. The van der Waals surface area contributed by atoms with Crippen LogP contribution in [-0.2, 0) is 22.4 Å². The molecule has 0 unspecified atom stereocenters. The minimum Gasteiger partial charge on any atom is -0.377 e. The highest BCUT2D eigenvalue weighted by Crippen LogP contribution is 2.11. The molecule has 41 heavy (non-hydrogen) atoms. The summed E-state index contributed by atoms with van der Waals surface area (Å²) in [5.41, 5.74) is 2.94. The first-order chi connectivity index (χ1) is 20.3. The van der Waals surface area contributed by atoms with Crippen molar-refractivity contribution in [1.29, 1.82) is 0 Å². The number of anilines is 3. The lowest BCUT2D eigenvalue weighted by molar-refractivity contribution is 0.0519. The maximum atomic E-state index is 12.0. The summed E-state index contributed by atoms with van der Waals surface area (Å²) in [4.78, 5) is 29.6. The SMILES string of the molecule is O=C(NCCOCCOCCNc1nc(NCCc2ccccc2)nc(NCc2ccncc2)n1)c1ccccc1. The second kappa shape index (κ2) is 17.2. The van der Waals surface area contributed by atoms with Gasteiger partial charge in [-0.25, -0.2) is 0 Å².